The smallest absolute Gasteiger partial charge is 0.0468 e. The van der Waals surface area contributed by atoms with Gasteiger partial charge in [0.25, 0.3) is 0 Å². The Kier molecular flexibility index (Phi) is 8.11. The number of benzene rings is 11. The molecule has 0 saturated heterocycles. The average molecular weight is 780 g/mol. The summed E-state index contributed by atoms with van der Waals surface area (Å²) in [6.45, 7) is 0. The van der Waals surface area contributed by atoms with Crippen molar-refractivity contribution in [2.75, 3.05) is 4.90 Å². The van der Waals surface area contributed by atoms with Crippen molar-refractivity contribution in [1.82, 2.24) is 0 Å². The first-order valence-electron chi connectivity index (χ1n) is 20.6. The van der Waals surface area contributed by atoms with Crippen molar-refractivity contribution in [2.24, 2.45) is 0 Å². The maximum Gasteiger partial charge on any atom is 0.0468 e. The summed E-state index contributed by atoms with van der Waals surface area (Å²) >= 11 is 1.90. The minimum Gasteiger partial charge on any atom is -0.310 e. The van der Waals surface area contributed by atoms with Gasteiger partial charge in [0.15, 0.2) is 0 Å². The van der Waals surface area contributed by atoms with Crippen LogP contribution in [0.4, 0.5) is 17.1 Å². The monoisotopic (exact) mass is 779 g/mol. The molecule has 0 spiro atoms. The standard InChI is InChI=1S/C58H37NS/c1-2-10-39(11-3-1)52-16-8-18-54-55-19-9-17-53(58(55)60-57(52)54)42-26-32-47(33-27-42)59(48-34-28-43-21-20-41-13-5-7-15-50(41)56(43)37-48)46-30-24-38(25-31-46)44-29-35-51-45(36-44)23-22-40-12-4-6-14-49(40)51/h1-37H. The normalized spacial score (nSPS) is 11.7. The van der Waals surface area contributed by atoms with Crippen LogP contribution in [0.3, 0.4) is 0 Å². The molecule has 0 saturated carbocycles. The Morgan fingerprint density at radius 3 is 1.35 bits per heavy atom. The molecule has 0 unspecified atom stereocenters. The van der Waals surface area contributed by atoms with Crippen molar-refractivity contribution >= 4 is 91.7 Å². The zero-order chi connectivity index (χ0) is 39.6. The van der Waals surface area contributed by atoms with Crippen molar-refractivity contribution in [3.8, 4) is 33.4 Å². The topological polar surface area (TPSA) is 3.24 Å². The molecule has 0 bridgehead atoms. The minimum atomic E-state index is 1.11. The van der Waals surface area contributed by atoms with Crippen molar-refractivity contribution in [3.63, 3.8) is 0 Å². The van der Waals surface area contributed by atoms with E-state index in [4.69, 9.17) is 0 Å². The Balaban J connectivity index is 0.963. The first kappa shape index (κ1) is 34.5. The lowest BCUT2D eigenvalue weighted by Gasteiger charge is -2.26. The summed E-state index contributed by atoms with van der Waals surface area (Å²) < 4.78 is 2.65. The number of anilines is 3. The number of nitrogens with zero attached hydrogens (tertiary/aromatic N) is 1. The van der Waals surface area contributed by atoms with Gasteiger partial charge in [-0.2, -0.15) is 0 Å². The maximum atomic E-state index is 2.40. The van der Waals surface area contributed by atoms with Gasteiger partial charge >= 0.3 is 0 Å². The van der Waals surface area contributed by atoms with Gasteiger partial charge < -0.3 is 4.90 Å². The second-order valence-corrected chi connectivity index (χ2v) is 16.7. The van der Waals surface area contributed by atoms with Gasteiger partial charge in [-0.3, -0.25) is 0 Å². The SMILES string of the molecule is c1ccc(-c2cccc3c2sc2c(-c4ccc(N(c5ccc(-c6ccc7c(ccc8ccccc87)c6)cc5)c5ccc6ccc7ccccc7c6c5)cc4)cccc23)cc1. The third kappa shape index (κ3) is 5.76. The molecule has 0 aliphatic rings. The fourth-order valence-corrected chi connectivity index (χ4v) is 10.6. The van der Waals surface area contributed by atoms with E-state index in [1.54, 1.807) is 0 Å². The highest BCUT2D eigenvalue weighted by Gasteiger charge is 2.17. The molecule has 12 rings (SSSR count). The van der Waals surface area contributed by atoms with Crippen LogP contribution in [-0.2, 0) is 0 Å². The van der Waals surface area contributed by atoms with Crippen LogP contribution in [0.25, 0.3) is 96.6 Å². The van der Waals surface area contributed by atoms with Crippen LogP contribution in [0.5, 0.6) is 0 Å². The fraction of sp³-hybridized carbons (Fsp3) is 0. The van der Waals surface area contributed by atoms with E-state index in [-0.39, 0.29) is 0 Å². The molecule has 0 fully saturated rings. The molecule has 11 aromatic carbocycles. The van der Waals surface area contributed by atoms with Crippen molar-refractivity contribution < 1.29 is 0 Å². The van der Waals surface area contributed by atoms with Crippen LogP contribution in [-0.4, -0.2) is 0 Å². The van der Waals surface area contributed by atoms with Crippen molar-refractivity contribution in [3.05, 3.63) is 224 Å². The van der Waals surface area contributed by atoms with Gasteiger partial charge in [-0.15, -0.1) is 11.3 Å². The fourth-order valence-electron chi connectivity index (χ4n) is 9.25. The molecule has 0 aliphatic carbocycles. The molecule has 0 aliphatic heterocycles. The number of hydrogen-bond acceptors (Lipinski definition) is 2. The van der Waals surface area contributed by atoms with Gasteiger partial charge in [0.2, 0.25) is 0 Å². The summed E-state index contributed by atoms with van der Waals surface area (Å²) in [4.78, 5) is 2.40. The molecule has 2 heteroatoms. The molecule has 280 valence electrons. The quantitative estimate of drug-likeness (QED) is 0.152. The Hall–Kier alpha value is -7.52. The molecule has 1 heterocycles. The molecular formula is C58H37NS. The second kappa shape index (κ2) is 14.1. The van der Waals surface area contributed by atoms with Crippen molar-refractivity contribution in [2.45, 2.75) is 0 Å². The summed E-state index contributed by atoms with van der Waals surface area (Å²) in [7, 11) is 0. The zero-order valence-corrected chi connectivity index (χ0v) is 33.5. The molecule has 12 aromatic rings. The molecule has 0 N–H and O–H groups in total. The average Bonchev–Trinajstić information content (AvgIpc) is 3.71. The summed E-state index contributed by atoms with van der Waals surface area (Å²) in [6, 6.07) is 82.4. The van der Waals surface area contributed by atoms with E-state index in [0.717, 1.165) is 17.1 Å². The third-order valence-electron chi connectivity index (χ3n) is 12.2. The van der Waals surface area contributed by atoms with Crippen LogP contribution in [0.15, 0.2) is 224 Å². The summed E-state index contributed by atoms with van der Waals surface area (Å²) in [6.07, 6.45) is 0. The molecule has 0 radical (unpaired) electrons. The Labute approximate surface area is 352 Å². The summed E-state index contributed by atoms with van der Waals surface area (Å²) in [5.74, 6) is 0. The van der Waals surface area contributed by atoms with E-state index in [0.29, 0.717) is 0 Å². The number of hydrogen-bond donors (Lipinski definition) is 0. The highest BCUT2D eigenvalue weighted by atomic mass is 32.1. The lowest BCUT2D eigenvalue weighted by atomic mass is 9.97. The lowest BCUT2D eigenvalue weighted by molar-refractivity contribution is 1.29. The molecule has 0 atom stereocenters. The molecule has 0 amide bonds. The van der Waals surface area contributed by atoms with E-state index in [2.05, 4.69) is 229 Å². The first-order chi connectivity index (χ1) is 29.7. The maximum absolute atomic E-state index is 2.40. The molecular weight excluding hydrogens is 743 g/mol. The van der Waals surface area contributed by atoms with Gasteiger partial charge in [-0.05, 0) is 119 Å². The first-order valence-corrected chi connectivity index (χ1v) is 21.4. The van der Waals surface area contributed by atoms with E-state index in [1.165, 1.54) is 96.6 Å². The largest absolute Gasteiger partial charge is 0.310 e. The second-order valence-electron chi connectivity index (χ2n) is 15.7. The minimum absolute atomic E-state index is 1.11. The predicted octanol–water partition coefficient (Wildman–Crippen LogP) is 17.1. The summed E-state index contributed by atoms with van der Waals surface area (Å²) in [5, 5.41) is 12.7. The number of fused-ring (bicyclic) bond motifs is 9. The molecule has 1 aromatic heterocycles. The highest BCUT2D eigenvalue weighted by molar-refractivity contribution is 7.26. The summed E-state index contributed by atoms with van der Waals surface area (Å²) in [5.41, 5.74) is 10.8. The Bertz CT molecular complexity index is 3580. The van der Waals surface area contributed by atoms with Gasteiger partial charge in [-0.1, -0.05) is 182 Å². The van der Waals surface area contributed by atoms with Crippen LogP contribution in [0.1, 0.15) is 0 Å². The van der Waals surface area contributed by atoms with Gasteiger partial charge in [0.05, 0.1) is 0 Å². The van der Waals surface area contributed by atoms with Crippen LogP contribution >= 0.6 is 11.3 Å². The zero-order valence-electron chi connectivity index (χ0n) is 32.7. The van der Waals surface area contributed by atoms with E-state index in [9.17, 15) is 0 Å². The lowest BCUT2D eigenvalue weighted by Crippen LogP contribution is -2.09. The van der Waals surface area contributed by atoms with Gasteiger partial charge in [0.1, 0.15) is 0 Å². The van der Waals surface area contributed by atoms with Crippen LogP contribution in [0.2, 0.25) is 0 Å². The van der Waals surface area contributed by atoms with E-state index < -0.39 is 0 Å². The number of thiophene rings is 1. The van der Waals surface area contributed by atoms with Gasteiger partial charge in [0, 0.05) is 37.2 Å². The third-order valence-corrected chi connectivity index (χ3v) is 13.5. The number of rotatable bonds is 6. The van der Waals surface area contributed by atoms with Crippen LogP contribution < -0.4 is 4.90 Å². The Morgan fingerprint density at radius 2 is 0.700 bits per heavy atom. The predicted molar refractivity (Wildman–Crippen MR) is 260 cm³/mol. The Morgan fingerprint density at radius 1 is 0.250 bits per heavy atom. The molecule has 60 heavy (non-hydrogen) atoms. The van der Waals surface area contributed by atoms with Crippen LogP contribution in [0, 0.1) is 0 Å². The van der Waals surface area contributed by atoms with E-state index >= 15 is 0 Å². The highest BCUT2D eigenvalue weighted by Crippen LogP contribution is 2.45. The van der Waals surface area contributed by atoms with E-state index in [1.807, 2.05) is 11.3 Å². The van der Waals surface area contributed by atoms with Gasteiger partial charge in [-0.25, -0.2) is 0 Å². The molecule has 1 nitrogen and oxygen atoms in total. The van der Waals surface area contributed by atoms with Crippen molar-refractivity contribution in [1.29, 1.82) is 0 Å².